The first-order chi connectivity index (χ1) is 15.0. The molecular weight excluding hydrogens is 398 g/mol. The standard InChI is InChI=1S/C23H27N3O5/c1-3-4-13-26-19-9-6-5-8-17(19)25-18(23(26)29)11-12-22(28)31-15-21(27)24-16(2)20-10-7-14-30-20/h5-10,14,16H,3-4,11-13,15H2,1-2H3,(H,24,27)/t16-/m0/s1. The van der Waals surface area contributed by atoms with Crippen molar-refractivity contribution >= 4 is 22.9 Å². The molecular formula is C23H27N3O5. The van der Waals surface area contributed by atoms with Gasteiger partial charge in [-0.15, -0.1) is 0 Å². The van der Waals surface area contributed by atoms with Gasteiger partial charge in [-0.2, -0.15) is 0 Å². The maximum Gasteiger partial charge on any atom is 0.306 e. The van der Waals surface area contributed by atoms with Crippen LogP contribution in [0.15, 0.2) is 51.9 Å². The monoisotopic (exact) mass is 425 g/mol. The number of benzene rings is 1. The number of ether oxygens (including phenoxy) is 1. The average molecular weight is 425 g/mol. The minimum absolute atomic E-state index is 0.0324. The first kappa shape index (κ1) is 22.3. The fraction of sp³-hybridized carbons (Fsp3) is 0.391. The molecule has 31 heavy (non-hydrogen) atoms. The highest BCUT2D eigenvalue weighted by Gasteiger charge is 2.16. The van der Waals surface area contributed by atoms with E-state index in [0.717, 1.165) is 18.4 Å². The second-order valence-corrected chi connectivity index (χ2v) is 7.32. The van der Waals surface area contributed by atoms with E-state index in [1.165, 1.54) is 6.26 Å². The molecule has 0 radical (unpaired) electrons. The lowest BCUT2D eigenvalue weighted by Gasteiger charge is -2.12. The minimum Gasteiger partial charge on any atom is -0.467 e. The fourth-order valence-corrected chi connectivity index (χ4v) is 3.28. The van der Waals surface area contributed by atoms with Crippen LogP contribution in [0.4, 0.5) is 0 Å². The summed E-state index contributed by atoms with van der Waals surface area (Å²) >= 11 is 0. The Bertz CT molecular complexity index is 1090. The number of aromatic nitrogens is 2. The number of furan rings is 1. The average Bonchev–Trinajstić information content (AvgIpc) is 3.31. The third-order valence-electron chi connectivity index (χ3n) is 4.93. The molecule has 164 valence electrons. The lowest BCUT2D eigenvalue weighted by atomic mass is 10.2. The zero-order valence-electron chi connectivity index (χ0n) is 17.8. The highest BCUT2D eigenvalue weighted by atomic mass is 16.5. The van der Waals surface area contributed by atoms with Crippen LogP contribution in [0.3, 0.4) is 0 Å². The third-order valence-corrected chi connectivity index (χ3v) is 4.93. The fourth-order valence-electron chi connectivity index (χ4n) is 3.28. The number of carbonyl (C=O) groups excluding carboxylic acids is 2. The molecule has 1 amide bonds. The van der Waals surface area contributed by atoms with Crippen molar-refractivity contribution in [2.45, 2.75) is 52.1 Å². The van der Waals surface area contributed by atoms with Gasteiger partial charge in [0.15, 0.2) is 6.61 Å². The molecule has 1 atom stereocenters. The molecule has 8 heteroatoms. The zero-order valence-corrected chi connectivity index (χ0v) is 17.8. The summed E-state index contributed by atoms with van der Waals surface area (Å²) in [7, 11) is 0. The molecule has 0 bridgehead atoms. The zero-order chi connectivity index (χ0) is 22.2. The van der Waals surface area contributed by atoms with E-state index in [1.54, 1.807) is 23.6 Å². The summed E-state index contributed by atoms with van der Waals surface area (Å²) in [5.41, 5.74) is 1.63. The number of hydrogen-bond donors (Lipinski definition) is 1. The largest absolute Gasteiger partial charge is 0.467 e. The molecule has 1 aromatic carbocycles. The number of para-hydroxylation sites is 2. The summed E-state index contributed by atoms with van der Waals surface area (Å²) < 4.78 is 12.0. The third kappa shape index (κ3) is 5.81. The molecule has 1 N–H and O–H groups in total. The van der Waals surface area contributed by atoms with Gasteiger partial charge in [-0.3, -0.25) is 14.4 Å². The van der Waals surface area contributed by atoms with Gasteiger partial charge in [0, 0.05) is 13.0 Å². The summed E-state index contributed by atoms with van der Waals surface area (Å²) in [4.78, 5) is 41.4. The summed E-state index contributed by atoms with van der Waals surface area (Å²) in [6, 6.07) is 10.6. The molecule has 0 unspecified atom stereocenters. The van der Waals surface area contributed by atoms with Crippen LogP contribution in [0.5, 0.6) is 0 Å². The van der Waals surface area contributed by atoms with Crippen LogP contribution < -0.4 is 10.9 Å². The van der Waals surface area contributed by atoms with Gasteiger partial charge in [-0.25, -0.2) is 4.98 Å². The number of rotatable bonds is 10. The Morgan fingerprint density at radius 2 is 2.03 bits per heavy atom. The highest BCUT2D eigenvalue weighted by molar-refractivity contribution is 5.81. The molecule has 8 nitrogen and oxygen atoms in total. The molecule has 3 aromatic rings. The van der Waals surface area contributed by atoms with Crippen molar-refractivity contribution in [1.29, 1.82) is 0 Å². The van der Waals surface area contributed by atoms with E-state index in [4.69, 9.17) is 9.15 Å². The van der Waals surface area contributed by atoms with Crippen molar-refractivity contribution < 1.29 is 18.7 Å². The molecule has 2 heterocycles. The predicted octanol–water partition coefficient (Wildman–Crippen LogP) is 3.14. The number of hydrogen-bond acceptors (Lipinski definition) is 6. The number of aryl methyl sites for hydroxylation is 2. The lowest BCUT2D eigenvalue weighted by Crippen LogP contribution is -2.31. The van der Waals surface area contributed by atoms with Crippen molar-refractivity contribution in [2.24, 2.45) is 0 Å². The second kappa shape index (κ2) is 10.6. The number of fused-ring (bicyclic) bond motifs is 1. The van der Waals surface area contributed by atoms with Crippen molar-refractivity contribution in [1.82, 2.24) is 14.9 Å². The number of esters is 1. The van der Waals surface area contributed by atoms with Gasteiger partial charge in [0.1, 0.15) is 11.5 Å². The maximum absolute atomic E-state index is 12.9. The van der Waals surface area contributed by atoms with Gasteiger partial charge in [-0.05, 0) is 37.6 Å². The number of unbranched alkanes of at least 4 members (excludes halogenated alkanes) is 1. The Morgan fingerprint density at radius 1 is 1.23 bits per heavy atom. The lowest BCUT2D eigenvalue weighted by molar-refractivity contribution is -0.148. The van der Waals surface area contributed by atoms with E-state index in [1.807, 2.05) is 24.3 Å². The molecule has 0 spiro atoms. The van der Waals surface area contributed by atoms with E-state index in [2.05, 4.69) is 17.2 Å². The Kier molecular flexibility index (Phi) is 7.59. The Labute approximate surface area is 180 Å². The van der Waals surface area contributed by atoms with Crippen molar-refractivity contribution in [3.8, 4) is 0 Å². The molecule has 0 saturated carbocycles. The van der Waals surface area contributed by atoms with Gasteiger partial charge < -0.3 is 19.0 Å². The van der Waals surface area contributed by atoms with E-state index < -0.39 is 18.5 Å². The molecule has 0 aliphatic heterocycles. The number of amides is 1. The topological polar surface area (TPSA) is 103 Å². The summed E-state index contributed by atoms with van der Waals surface area (Å²) in [5, 5.41) is 2.69. The molecule has 0 aliphatic rings. The Hall–Kier alpha value is -3.42. The SMILES string of the molecule is CCCCn1c(=O)c(CCC(=O)OCC(=O)N[C@@H](C)c2ccco2)nc2ccccc21. The first-order valence-corrected chi connectivity index (χ1v) is 10.5. The van der Waals surface area contributed by atoms with Crippen molar-refractivity contribution in [3.05, 3.63) is 64.5 Å². The second-order valence-electron chi connectivity index (χ2n) is 7.32. The van der Waals surface area contributed by atoms with Crippen LogP contribution in [0.1, 0.15) is 50.6 Å². The van der Waals surface area contributed by atoms with Crippen LogP contribution in [-0.4, -0.2) is 28.0 Å². The maximum atomic E-state index is 12.9. The van der Waals surface area contributed by atoms with Gasteiger partial charge in [-0.1, -0.05) is 25.5 Å². The van der Waals surface area contributed by atoms with E-state index in [9.17, 15) is 14.4 Å². The van der Waals surface area contributed by atoms with Crippen LogP contribution in [0.2, 0.25) is 0 Å². The number of nitrogens with zero attached hydrogens (tertiary/aromatic N) is 2. The Morgan fingerprint density at radius 3 is 2.77 bits per heavy atom. The Balaban J connectivity index is 1.57. The highest BCUT2D eigenvalue weighted by Crippen LogP contribution is 2.13. The van der Waals surface area contributed by atoms with E-state index >= 15 is 0 Å². The summed E-state index contributed by atoms with van der Waals surface area (Å²) in [5.74, 6) is -0.375. The molecule has 0 aliphatic carbocycles. The van der Waals surface area contributed by atoms with E-state index in [0.29, 0.717) is 23.5 Å². The van der Waals surface area contributed by atoms with Crippen LogP contribution in [0.25, 0.3) is 11.0 Å². The normalized spacial score (nSPS) is 11.9. The molecule has 0 saturated heterocycles. The van der Waals surface area contributed by atoms with E-state index in [-0.39, 0.29) is 24.4 Å². The number of carbonyl (C=O) groups is 2. The molecule has 0 fully saturated rings. The van der Waals surface area contributed by atoms with Gasteiger partial charge in [0.2, 0.25) is 0 Å². The molecule has 3 rings (SSSR count). The predicted molar refractivity (Wildman–Crippen MR) is 115 cm³/mol. The number of nitrogens with one attached hydrogen (secondary N) is 1. The van der Waals surface area contributed by atoms with Gasteiger partial charge >= 0.3 is 5.97 Å². The van der Waals surface area contributed by atoms with Crippen LogP contribution >= 0.6 is 0 Å². The quantitative estimate of drug-likeness (QED) is 0.501. The molecule has 2 aromatic heterocycles. The van der Waals surface area contributed by atoms with Crippen molar-refractivity contribution in [2.75, 3.05) is 6.61 Å². The summed E-state index contributed by atoms with van der Waals surface area (Å²) in [6.45, 7) is 4.05. The first-order valence-electron chi connectivity index (χ1n) is 10.5. The minimum atomic E-state index is -0.560. The van der Waals surface area contributed by atoms with Gasteiger partial charge in [0.25, 0.3) is 11.5 Å². The summed E-state index contributed by atoms with van der Waals surface area (Å²) in [6.07, 6.45) is 3.48. The van der Waals surface area contributed by atoms with Crippen molar-refractivity contribution in [3.63, 3.8) is 0 Å². The van der Waals surface area contributed by atoms with Gasteiger partial charge in [0.05, 0.1) is 29.8 Å². The van der Waals surface area contributed by atoms with Crippen LogP contribution in [0, 0.1) is 0 Å². The van der Waals surface area contributed by atoms with Crippen LogP contribution in [-0.2, 0) is 27.3 Å². The smallest absolute Gasteiger partial charge is 0.306 e.